The molecule has 5 nitrogen and oxygen atoms in total. The topological polar surface area (TPSA) is 51.1 Å². The lowest BCUT2D eigenvalue weighted by atomic mass is 9.94. The molecule has 4 rings (SSSR count). The Bertz CT molecular complexity index is 506. The number of aromatic nitrogens is 2. The molecule has 3 aliphatic rings. The van der Waals surface area contributed by atoms with Crippen LogP contribution in [0.1, 0.15) is 43.3 Å². The van der Waals surface area contributed by atoms with Crippen molar-refractivity contribution >= 4 is 21.7 Å². The van der Waals surface area contributed by atoms with Gasteiger partial charge >= 0.3 is 0 Å². The maximum atomic E-state index is 5.60. The van der Waals surface area contributed by atoms with Gasteiger partial charge in [0, 0.05) is 25.0 Å². The first kappa shape index (κ1) is 14.0. The lowest BCUT2D eigenvalue weighted by Crippen LogP contribution is -2.29. The Balaban J connectivity index is 1.65. The predicted molar refractivity (Wildman–Crippen MR) is 85.8 cm³/mol. The highest BCUT2D eigenvalue weighted by Gasteiger charge is 2.34. The minimum absolute atomic E-state index is 0.496. The molecule has 2 saturated heterocycles. The monoisotopic (exact) mass is 354 g/mol. The van der Waals surface area contributed by atoms with Gasteiger partial charge in [-0.3, -0.25) is 0 Å². The van der Waals surface area contributed by atoms with Crippen molar-refractivity contribution in [1.29, 1.82) is 0 Å². The van der Waals surface area contributed by atoms with Crippen molar-refractivity contribution < 1.29 is 4.74 Å². The Hall–Kier alpha value is -0.590. The molecule has 1 aromatic rings. The molecule has 0 radical (unpaired) electrons. The molecule has 2 N–H and O–H groups in total. The number of hydrogen-bond donors (Lipinski definition) is 2. The molecule has 0 aromatic carbocycles. The molecule has 6 heteroatoms. The van der Waals surface area contributed by atoms with Gasteiger partial charge in [0.2, 0.25) is 0 Å². The Morgan fingerprint density at radius 2 is 2.00 bits per heavy atom. The normalized spacial score (nSPS) is 30.1. The average Bonchev–Trinajstić information content (AvgIpc) is 3.17. The first-order valence-electron chi connectivity index (χ1n) is 8.15. The fourth-order valence-electron chi connectivity index (χ4n) is 3.94. The van der Waals surface area contributed by atoms with Gasteiger partial charge in [-0.15, -0.1) is 0 Å². The van der Waals surface area contributed by atoms with Crippen LogP contribution in [0.3, 0.4) is 0 Å². The molecule has 0 amide bonds. The predicted octanol–water partition coefficient (Wildman–Crippen LogP) is 2.51. The van der Waals surface area contributed by atoms with Crippen LogP contribution in [-0.2, 0) is 4.74 Å². The molecule has 21 heavy (non-hydrogen) atoms. The van der Waals surface area contributed by atoms with Gasteiger partial charge in [0.1, 0.15) is 5.82 Å². The number of hydrogen-bond acceptors (Lipinski definition) is 4. The van der Waals surface area contributed by atoms with E-state index >= 15 is 0 Å². The Labute approximate surface area is 133 Å². The number of halogens is 1. The zero-order valence-electron chi connectivity index (χ0n) is 12.3. The fraction of sp³-hybridized carbons (Fsp3) is 0.800. The van der Waals surface area contributed by atoms with E-state index in [9.17, 15) is 0 Å². The molecule has 3 aliphatic heterocycles. The summed E-state index contributed by atoms with van der Waals surface area (Å²) in [5, 5.41) is 12.0. The zero-order valence-corrected chi connectivity index (χ0v) is 13.9. The van der Waals surface area contributed by atoms with E-state index in [1.54, 1.807) is 0 Å². The molecule has 0 saturated carbocycles. The smallest absolute Gasteiger partial charge is 0.139 e. The Morgan fingerprint density at radius 1 is 1.14 bits per heavy atom. The number of ether oxygens (including phenoxy) is 1. The van der Waals surface area contributed by atoms with Crippen LogP contribution in [0.5, 0.6) is 0 Å². The molecule has 1 aromatic heterocycles. The highest BCUT2D eigenvalue weighted by atomic mass is 79.9. The summed E-state index contributed by atoms with van der Waals surface area (Å²) in [5.74, 6) is 2.39. The SMILES string of the molecule is Brc1c(C2CCNCC2)nn2c1NCCC2C1CCOC1. The molecule has 2 unspecified atom stereocenters. The van der Waals surface area contributed by atoms with Crippen molar-refractivity contribution in [2.75, 3.05) is 38.2 Å². The zero-order chi connectivity index (χ0) is 14.2. The van der Waals surface area contributed by atoms with Crippen LogP contribution in [0.25, 0.3) is 0 Å². The second kappa shape index (κ2) is 5.89. The summed E-state index contributed by atoms with van der Waals surface area (Å²) < 4.78 is 9.04. The average molecular weight is 355 g/mol. The van der Waals surface area contributed by atoms with Gasteiger partial charge in [0.15, 0.2) is 0 Å². The highest BCUT2D eigenvalue weighted by molar-refractivity contribution is 9.10. The summed E-state index contributed by atoms with van der Waals surface area (Å²) in [6, 6.07) is 0.496. The summed E-state index contributed by atoms with van der Waals surface area (Å²) in [7, 11) is 0. The van der Waals surface area contributed by atoms with Crippen molar-refractivity contribution in [1.82, 2.24) is 15.1 Å². The summed E-state index contributed by atoms with van der Waals surface area (Å²) in [4.78, 5) is 0. The number of rotatable bonds is 2. The number of nitrogens with one attached hydrogen (secondary N) is 2. The highest BCUT2D eigenvalue weighted by Crippen LogP contribution is 2.41. The maximum absolute atomic E-state index is 5.60. The molecular formula is C15H23BrN4O. The Morgan fingerprint density at radius 3 is 2.76 bits per heavy atom. The standard InChI is InChI=1S/C15H23BrN4O/c16-13-14(10-1-5-17-6-2-10)19-20-12(3-7-18-15(13)20)11-4-8-21-9-11/h10-12,17-18H,1-9H2. The quantitative estimate of drug-likeness (QED) is 0.856. The Kier molecular flexibility index (Phi) is 3.94. The number of nitrogens with zero attached hydrogens (tertiary/aromatic N) is 2. The maximum Gasteiger partial charge on any atom is 0.139 e. The molecule has 116 valence electrons. The van der Waals surface area contributed by atoms with Gasteiger partial charge in [-0.25, -0.2) is 4.68 Å². The van der Waals surface area contributed by atoms with Crippen molar-refractivity contribution in [3.63, 3.8) is 0 Å². The van der Waals surface area contributed by atoms with Gasteiger partial charge in [-0.05, 0) is 54.7 Å². The minimum Gasteiger partial charge on any atom is -0.381 e. The summed E-state index contributed by atoms with van der Waals surface area (Å²) >= 11 is 3.81. The molecule has 0 spiro atoms. The summed E-state index contributed by atoms with van der Waals surface area (Å²) in [5.41, 5.74) is 1.25. The van der Waals surface area contributed by atoms with Gasteiger partial charge < -0.3 is 15.4 Å². The van der Waals surface area contributed by atoms with E-state index in [0.29, 0.717) is 17.9 Å². The van der Waals surface area contributed by atoms with E-state index in [1.165, 1.54) is 35.2 Å². The van der Waals surface area contributed by atoms with Crippen molar-refractivity contribution in [3.05, 3.63) is 10.2 Å². The third kappa shape index (κ3) is 2.51. The van der Waals surface area contributed by atoms with E-state index < -0.39 is 0 Å². The number of fused-ring (bicyclic) bond motifs is 1. The second-order valence-corrected chi connectivity index (χ2v) is 7.22. The lowest BCUT2D eigenvalue weighted by molar-refractivity contribution is 0.167. The van der Waals surface area contributed by atoms with E-state index in [4.69, 9.17) is 9.84 Å². The minimum atomic E-state index is 0.496. The first-order chi connectivity index (χ1) is 10.3. The van der Waals surface area contributed by atoms with Gasteiger partial charge in [0.25, 0.3) is 0 Å². The molecule has 4 heterocycles. The number of anilines is 1. The first-order valence-corrected chi connectivity index (χ1v) is 8.94. The van der Waals surface area contributed by atoms with E-state index in [1.807, 2.05) is 0 Å². The lowest BCUT2D eigenvalue weighted by Gasteiger charge is -2.29. The van der Waals surface area contributed by atoms with Crippen LogP contribution in [0, 0.1) is 5.92 Å². The van der Waals surface area contributed by atoms with Crippen LogP contribution < -0.4 is 10.6 Å². The molecular weight excluding hydrogens is 332 g/mol. The molecule has 0 aliphatic carbocycles. The van der Waals surface area contributed by atoms with Crippen LogP contribution in [0.4, 0.5) is 5.82 Å². The molecule has 2 fully saturated rings. The largest absolute Gasteiger partial charge is 0.381 e. The van der Waals surface area contributed by atoms with Gasteiger partial charge in [0.05, 0.1) is 22.8 Å². The summed E-state index contributed by atoms with van der Waals surface area (Å²) in [6.07, 6.45) is 4.70. The van der Waals surface area contributed by atoms with Gasteiger partial charge in [-0.2, -0.15) is 5.10 Å². The second-order valence-electron chi connectivity index (χ2n) is 6.42. The van der Waals surface area contributed by atoms with E-state index in [-0.39, 0.29) is 0 Å². The number of piperidine rings is 1. The van der Waals surface area contributed by atoms with Crippen molar-refractivity contribution in [2.45, 2.75) is 37.6 Å². The van der Waals surface area contributed by atoms with Gasteiger partial charge in [-0.1, -0.05) is 0 Å². The van der Waals surface area contributed by atoms with Crippen LogP contribution in [0.15, 0.2) is 4.47 Å². The van der Waals surface area contributed by atoms with Crippen LogP contribution in [-0.4, -0.2) is 42.6 Å². The molecule has 0 bridgehead atoms. The van der Waals surface area contributed by atoms with Crippen LogP contribution in [0.2, 0.25) is 0 Å². The van der Waals surface area contributed by atoms with Crippen molar-refractivity contribution in [2.24, 2.45) is 5.92 Å². The third-order valence-electron chi connectivity index (χ3n) is 5.16. The summed E-state index contributed by atoms with van der Waals surface area (Å²) in [6.45, 7) is 5.05. The van der Waals surface area contributed by atoms with E-state index in [0.717, 1.165) is 39.3 Å². The molecule has 2 atom stereocenters. The van der Waals surface area contributed by atoms with E-state index in [2.05, 4.69) is 31.2 Å². The van der Waals surface area contributed by atoms with Crippen LogP contribution >= 0.6 is 15.9 Å². The van der Waals surface area contributed by atoms with Crippen molar-refractivity contribution in [3.8, 4) is 0 Å². The third-order valence-corrected chi connectivity index (χ3v) is 5.94. The fourth-order valence-corrected chi connectivity index (χ4v) is 4.66.